The smallest absolute Gasteiger partial charge is 0.238 e. The Kier molecular flexibility index (Phi) is 4.89. The van der Waals surface area contributed by atoms with E-state index in [2.05, 4.69) is 10.9 Å². The number of hydrogen-bond acceptors (Lipinski definition) is 3. The van der Waals surface area contributed by atoms with Crippen molar-refractivity contribution in [2.24, 2.45) is 0 Å². The number of benzene rings is 2. The zero-order chi connectivity index (χ0) is 14.2. The highest BCUT2D eigenvalue weighted by Gasteiger charge is 2.08. The maximum atomic E-state index is 11.8. The Bertz CT molecular complexity index is 568. The number of carbonyl (C=O) groups excluding carboxylic acids is 2. The van der Waals surface area contributed by atoms with E-state index in [1.54, 1.807) is 12.1 Å². The quantitative estimate of drug-likeness (QED) is 0.625. The summed E-state index contributed by atoms with van der Waals surface area (Å²) in [6.07, 6.45) is 0.361. The van der Waals surface area contributed by atoms with Gasteiger partial charge < -0.3 is 0 Å². The van der Waals surface area contributed by atoms with Gasteiger partial charge in [0.15, 0.2) is 5.78 Å². The van der Waals surface area contributed by atoms with E-state index >= 15 is 0 Å². The van der Waals surface area contributed by atoms with Gasteiger partial charge in [-0.25, -0.2) is 0 Å². The molecule has 0 unspecified atom stereocenters. The van der Waals surface area contributed by atoms with Gasteiger partial charge in [0.25, 0.3) is 0 Å². The molecule has 2 N–H and O–H groups in total. The van der Waals surface area contributed by atoms with E-state index in [0.717, 1.165) is 5.69 Å². The summed E-state index contributed by atoms with van der Waals surface area (Å²) in [6.45, 7) is 0. The van der Waals surface area contributed by atoms with Crippen molar-refractivity contribution < 1.29 is 9.59 Å². The molecule has 4 heteroatoms. The largest absolute Gasteiger partial charge is 0.299 e. The summed E-state index contributed by atoms with van der Waals surface area (Å²) >= 11 is 0. The average Bonchev–Trinajstić information content (AvgIpc) is 2.52. The Hall–Kier alpha value is -2.62. The van der Waals surface area contributed by atoms with E-state index < -0.39 is 0 Å². The minimum atomic E-state index is -0.210. The number of Topliss-reactive ketones (excluding diaryl/α,β-unsaturated/α-hetero) is 1. The van der Waals surface area contributed by atoms with Crippen LogP contribution < -0.4 is 10.9 Å². The number of hydrogen-bond donors (Lipinski definition) is 2. The fraction of sp³-hybridized carbons (Fsp3) is 0.125. The van der Waals surface area contributed by atoms with Crippen molar-refractivity contribution in [3.63, 3.8) is 0 Å². The molecule has 0 bridgehead atoms. The van der Waals surface area contributed by atoms with Crippen LogP contribution in [0.5, 0.6) is 0 Å². The molecular formula is C16H16N2O2. The van der Waals surface area contributed by atoms with Gasteiger partial charge >= 0.3 is 0 Å². The lowest BCUT2D eigenvalue weighted by Crippen LogP contribution is -2.29. The minimum absolute atomic E-state index is 0.0274. The molecular weight excluding hydrogens is 252 g/mol. The summed E-state index contributed by atoms with van der Waals surface area (Å²) in [5, 5.41) is 0. The third kappa shape index (κ3) is 4.24. The molecule has 0 heterocycles. The highest BCUT2D eigenvalue weighted by atomic mass is 16.2. The van der Waals surface area contributed by atoms with Crippen LogP contribution in [0.3, 0.4) is 0 Å². The van der Waals surface area contributed by atoms with Crippen molar-refractivity contribution in [2.75, 3.05) is 5.43 Å². The predicted molar refractivity (Wildman–Crippen MR) is 78.2 cm³/mol. The van der Waals surface area contributed by atoms with Crippen LogP contribution in [0, 0.1) is 0 Å². The molecule has 2 aromatic carbocycles. The second-order valence-electron chi connectivity index (χ2n) is 4.33. The fourth-order valence-electron chi connectivity index (χ4n) is 1.72. The third-order valence-electron chi connectivity index (χ3n) is 2.79. The average molecular weight is 268 g/mol. The first-order chi connectivity index (χ1) is 9.75. The molecule has 1 amide bonds. The summed E-state index contributed by atoms with van der Waals surface area (Å²) in [5.74, 6) is -0.237. The number of rotatable bonds is 6. The van der Waals surface area contributed by atoms with Gasteiger partial charge in [-0.3, -0.25) is 20.4 Å². The van der Waals surface area contributed by atoms with Crippen molar-refractivity contribution in [1.29, 1.82) is 0 Å². The second-order valence-corrected chi connectivity index (χ2v) is 4.33. The molecule has 0 radical (unpaired) electrons. The van der Waals surface area contributed by atoms with Crippen molar-refractivity contribution >= 4 is 17.4 Å². The minimum Gasteiger partial charge on any atom is -0.299 e. The molecule has 0 aromatic heterocycles. The van der Waals surface area contributed by atoms with Crippen LogP contribution in [0.15, 0.2) is 60.7 Å². The monoisotopic (exact) mass is 268 g/mol. The first-order valence-corrected chi connectivity index (χ1v) is 6.44. The highest BCUT2D eigenvalue weighted by molar-refractivity contribution is 5.97. The Morgan fingerprint density at radius 1 is 0.800 bits per heavy atom. The second kappa shape index (κ2) is 7.09. The first kappa shape index (κ1) is 13.8. The number of anilines is 1. The van der Waals surface area contributed by atoms with Crippen molar-refractivity contribution in [1.82, 2.24) is 5.43 Å². The summed E-state index contributed by atoms with van der Waals surface area (Å²) in [4.78, 5) is 23.4. The van der Waals surface area contributed by atoms with E-state index in [1.165, 1.54) is 0 Å². The lowest BCUT2D eigenvalue weighted by molar-refractivity contribution is -0.120. The van der Waals surface area contributed by atoms with Crippen LogP contribution >= 0.6 is 0 Å². The van der Waals surface area contributed by atoms with Gasteiger partial charge in [0.05, 0.1) is 5.69 Å². The van der Waals surface area contributed by atoms with Crippen LogP contribution in [0.2, 0.25) is 0 Å². The van der Waals surface area contributed by atoms with Crippen molar-refractivity contribution in [2.45, 2.75) is 12.8 Å². The fourth-order valence-corrected chi connectivity index (χ4v) is 1.72. The van der Waals surface area contributed by atoms with Gasteiger partial charge in [0.1, 0.15) is 0 Å². The summed E-state index contributed by atoms with van der Waals surface area (Å²) in [7, 11) is 0. The predicted octanol–water partition coefficient (Wildman–Crippen LogP) is 2.79. The molecule has 0 spiro atoms. The number of para-hydroxylation sites is 1. The van der Waals surface area contributed by atoms with Crippen LogP contribution in [-0.4, -0.2) is 11.7 Å². The van der Waals surface area contributed by atoms with E-state index in [1.807, 2.05) is 48.5 Å². The Balaban J connectivity index is 1.74. The molecule has 0 aliphatic rings. The van der Waals surface area contributed by atoms with Gasteiger partial charge in [-0.05, 0) is 12.1 Å². The van der Waals surface area contributed by atoms with E-state index in [9.17, 15) is 9.59 Å². The lowest BCUT2D eigenvalue weighted by Gasteiger charge is -2.07. The summed E-state index contributed by atoms with van der Waals surface area (Å²) in [5.41, 5.74) is 6.80. The molecule has 0 atom stereocenters. The highest BCUT2D eigenvalue weighted by Crippen LogP contribution is 2.06. The van der Waals surface area contributed by atoms with Crippen LogP contribution in [0.25, 0.3) is 0 Å². The summed E-state index contributed by atoms with van der Waals surface area (Å²) < 4.78 is 0. The third-order valence-corrected chi connectivity index (χ3v) is 2.79. The Morgan fingerprint density at radius 2 is 1.40 bits per heavy atom. The number of amides is 1. The van der Waals surface area contributed by atoms with E-state index in [0.29, 0.717) is 5.56 Å². The van der Waals surface area contributed by atoms with Crippen LogP contribution in [-0.2, 0) is 4.79 Å². The SMILES string of the molecule is O=C(CCC(=O)c1ccccc1)NNc1ccccc1. The van der Waals surface area contributed by atoms with E-state index in [4.69, 9.17) is 0 Å². The maximum absolute atomic E-state index is 11.8. The number of ketones is 1. The topological polar surface area (TPSA) is 58.2 Å². The molecule has 2 aromatic rings. The Labute approximate surface area is 117 Å². The van der Waals surface area contributed by atoms with Gasteiger partial charge in [-0.15, -0.1) is 0 Å². The number of hydrazine groups is 1. The summed E-state index contributed by atoms with van der Waals surface area (Å²) in [6, 6.07) is 18.3. The normalized spacial score (nSPS) is 9.80. The zero-order valence-corrected chi connectivity index (χ0v) is 11.0. The van der Waals surface area contributed by atoms with Crippen LogP contribution in [0.1, 0.15) is 23.2 Å². The van der Waals surface area contributed by atoms with Gasteiger partial charge in [-0.2, -0.15) is 0 Å². The van der Waals surface area contributed by atoms with E-state index in [-0.39, 0.29) is 24.5 Å². The Morgan fingerprint density at radius 3 is 2.05 bits per heavy atom. The molecule has 102 valence electrons. The van der Waals surface area contributed by atoms with Gasteiger partial charge in [0.2, 0.25) is 5.91 Å². The maximum Gasteiger partial charge on any atom is 0.238 e. The van der Waals surface area contributed by atoms with Crippen LogP contribution in [0.4, 0.5) is 5.69 Å². The standard InChI is InChI=1S/C16H16N2O2/c19-15(13-7-3-1-4-8-13)11-12-16(20)18-17-14-9-5-2-6-10-14/h1-10,17H,11-12H2,(H,18,20). The number of nitrogens with one attached hydrogen (secondary N) is 2. The molecule has 0 aliphatic carbocycles. The lowest BCUT2D eigenvalue weighted by atomic mass is 10.1. The van der Waals surface area contributed by atoms with Gasteiger partial charge in [-0.1, -0.05) is 48.5 Å². The molecule has 20 heavy (non-hydrogen) atoms. The molecule has 0 saturated heterocycles. The molecule has 4 nitrogen and oxygen atoms in total. The molecule has 0 aliphatic heterocycles. The molecule has 0 fully saturated rings. The number of carbonyl (C=O) groups is 2. The first-order valence-electron chi connectivity index (χ1n) is 6.44. The van der Waals surface area contributed by atoms with Crippen molar-refractivity contribution in [3.8, 4) is 0 Å². The van der Waals surface area contributed by atoms with Crippen molar-refractivity contribution in [3.05, 3.63) is 66.2 Å². The van der Waals surface area contributed by atoms with Gasteiger partial charge in [0, 0.05) is 18.4 Å². The molecule has 2 rings (SSSR count). The zero-order valence-electron chi connectivity index (χ0n) is 11.0. The molecule has 0 saturated carbocycles.